The molecular weight excluding hydrogens is 442 g/mol. The van der Waals surface area contributed by atoms with Crippen LogP contribution in [0.2, 0.25) is 0 Å². The van der Waals surface area contributed by atoms with Gasteiger partial charge in [-0.3, -0.25) is 4.79 Å². The molecule has 0 bridgehead atoms. The van der Waals surface area contributed by atoms with Gasteiger partial charge in [0.25, 0.3) is 5.91 Å². The van der Waals surface area contributed by atoms with Gasteiger partial charge in [-0.05, 0) is 17.7 Å². The summed E-state index contributed by atoms with van der Waals surface area (Å²) in [7, 11) is 0. The molecule has 3 aromatic carbocycles. The van der Waals surface area contributed by atoms with E-state index >= 15 is 0 Å². The molecule has 0 fully saturated rings. The zero-order valence-corrected chi connectivity index (χ0v) is 19.0. The van der Waals surface area contributed by atoms with Crippen LogP contribution in [0.4, 0.5) is 0 Å². The Morgan fingerprint density at radius 1 is 0.853 bits per heavy atom. The first-order chi connectivity index (χ1) is 16.8. The molecule has 34 heavy (non-hydrogen) atoms. The Hall–Kier alpha value is -4.23. The number of rotatable bonds is 7. The summed E-state index contributed by atoms with van der Waals surface area (Å²) in [4.78, 5) is 17.2. The first-order valence-electron chi connectivity index (χ1n) is 10.8. The first-order valence-corrected chi connectivity index (χ1v) is 11.8. The Bertz CT molecular complexity index is 1430. The first kappa shape index (κ1) is 21.6. The second-order valence-electron chi connectivity index (χ2n) is 7.51. The molecule has 166 valence electrons. The van der Waals surface area contributed by atoms with E-state index in [-0.39, 0.29) is 11.7 Å². The van der Waals surface area contributed by atoms with Crippen molar-refractivity contribution in [3.63, 3.8) is 0 Å². The summed E-state index contributed by atoms with van der Waals surface area (Å²) < 4.78 is 1.79. The molecule has 0 aliphatic carbocycles. The fraction of sp³-hybridized carbons (Fsp3) is 0.0370. The van der Waals surface area contributed by atoms with Crippen LogP contribution in [0.15, 0.2) is 113 Å². The van der Waals surface area contributed by atoms with E-state index in [0.29, 0.717) is 5.16 Å². The Kier molecular flexibility index (Phi) is 6.45. The lowest BCUT2D eigenvalue weighted by Gasteiger charge is -2.07. The van der Waals surface area contributed by atoms with Gasteiger partial charge in [0, 0.05) is 11.1 Å². The van der Waals surface area contributed by atoms with Gasteiger partial charge in [0.15, 0.2) is 5.16 Å². The number of hydrazone groups is 1. The van der Waals surface area contributed by atoms with Crippen molar-refractivity contribution in [3.8, 4) is 22.5 Å². The molecule has 1 amide bonds. The van der Waals surface area contributed by atoms with Gasteiger partial charge in [0.2, 0.25) is 0 Å². The zero-order valence-electron chi connectivity index (χ0n) is 18.2. The summed E-state index contributed by atoms with van der Waals surface area (Å²) in [6, 6.07) is 33.7. The number of benzene rings is 3. The number of thioether (sulfide) groups is 1. The molecule has 0 aliphatic rings. The highest BCUT2D eigenvalue weighted by molar-refractivity contribution is 7.99. The van der Waals surface area contributed by atoms with Crippen LogP contribution in [0.25, 0.3) is 28.0 Å². The fourth-order valence-electron chi connectivity index (χ4n) is 3.45. The molecule has 7 heteroatoms. The average Bonchev–Trinajstić information content (AvgIpc) is 3.33. The van der Waals surface area contributed by atoms with Crippen LogP contribution >= 0.6 is 11.8 Å². The van der Waals surface area contributed by atoms with Gasteiger partial charge in [-0.15, -0.1) is 0 Å². The molecule has 0 aliphatic heterocycles. The molecule has 5 rings (SSSR count). The quantitative estimate of drug-likeness (QED) is 0.154. The molecule has 2 aromatic heterocycles. The van der Waals surface area contributed by atoms with Gasteiger partial charge in [-0.2, -0.15) is 10.2 Å². The van der Waals surface area contributed by atoms with Gasteiger partial charge in [0.05, 0.1) is 28.9 Å². The standard InChI is InChI=1S/C27H21N5OS/c33-26(30-28-18-20-10-4-1-5-11-20)19-34-27-29-24(21-12-6-2-7-13-21)16-23-17-25(31-32(23)27)22-14-8-3-9-15-22/h1-18H,19H2,(H,30,33)/b28-18+. The minimum Gasteiger partial charge on any atom is -0.272 e. The number of amides is 1. The van der Waals surface area contributed by atoms with Crippen molar-refractivity contribution < 1.29 is 4.79 Å². The van der Waals surface area contributed by atoms with Crippen LogP contribution in [0.1, 0.15) is 5.56 Å². The average molecular weight is 464 g/mol. The predicted molar refractivity (Wildman–Crippen MR) is 137 cm³/mol. The molecule has 0 atom stereocenters. The van der Waals surface area contributed by atoms with Crippen LogP contribution < -0.4 is 5.43 Å². The molecule has 0 saturated carbocycles. The maximum atomic E-state index is 12.4. The number of carbonyl (C=O) groups is 1. The summed E-state index contributed by atoms with van der Waals surface area (Å²) in [6.07, 6.45) is 1.62. The fourth-order valence-corrected chi connectivity index (χ4v) is 4.21. The van der Waals surface area contributed by atoms with E-state index in [9.17, 15) is 4.79 Å². The van der Waals surface area contributed by atoms with E-state index in [1.807, 2.05) is 103 Å². The molecular formula is C27H21N5OS. The van der Waals surface area contributed by atoms with Crippen molar-refractivity contribution in [1.29, 1.82) is 0 Å². The molecule has 1 N–H and O–H groups in total. The monoisotopic (exact) mass is 463 g/mol. The third kappa shape index (κ3) is 5.05. The minimum atomic E-state index is -0.215. The Labute approximate surface area is 201 Å². The predicted octanol–water partition coefficient (Wildman–Crippen LogP) is 5.31. The third-order valence-electron chi connectivity index (χ3n) is 5.09. The van der Waals surface area contributed by atoms with Gasteiger partial charge in [0.1, 0.15) is 0 Å². The number of hydrogen-bond acceptors (Lipinski definition) is 5. The van der Waals surface area contributed by atoms with Crippen molar-refractivity contribution in [2.24, 2.45) is 5.10 Å². The van der Waals surface area contributed by atoms with Crippen LogP contribution in [0.3, 0.4) is 0 Å². The summed E-state index contributed by atoms with van der Waals surface area (Å²) in [5.74, 6) is -0.0554. The van der Waals surface area contributed by atoms with E-state index < -0.39 is 0 Å². The van der Waals surface area contributed by atoms with Gasteiger partial charge < -0.3 is 0 Å². The van der Waals surface area contributed by atoms with E-state index in [2.05, 4.69) is 10.5 Å². The van der Waals surface area contributed by atoms with Crippen LogP contribution in [0, 0.1) is 0 Å². The SMILES string of the molecule is O=C(CSc1nc(-c2ccccc2)cc2cc(-c3ccccc3)nn12)N/N=C/c1ccccc1. The largest absolute Gasteiger partial charge is 0.272 e. The molecule has 0 spiro atoms. The van der Waals surface area contributed by atoms with Gasteiger partial charge in [-0.25, -0.2) is 14.9 Å². The number of nitrogens with zero attached hydrogens (tertiary/aromatic N) is 4. The highest BCUT2D eigenvalue weighted by Gasteiger charge is 2.14. The number of fused-ring (bicyclic) bond motifs is 1. The molecule has 6 nitrogen and oxygen atoms in total. The maximum absolute atomic E-state index is 12.4. The maximum Gasteiger partial charge on any atom is 0.250 e. The lowest BCUT2D eigenvalue weighted by Crippen LogP contribution is -2.20. The second kappa shape index (κ2) is 10.1. The van der Waals surface area contributed by atoms with Crippen LogP contribution in [-0.2, 0) is 4.79 Å². The van der Waals surface area contributed by atoms with Gasteiger partial charge >= 0.3 is 0 Å². The van der Waals surface area contributed by atoms with Crippen LogP contribution in [0.5, 0.6) is 0 Å². The van der Waals surface area contributed by atoms with Gasteiger partial charge in [-0.1, -0.05) is 103 Å². The summed E-state index contributed by atoms with van der Waals surface area (Å²) in [5.41, 5.74) is 8.12. The normalized spacial score (nSPS) is 11.2. The minimum absolute atomic E-state index is 0.160. The van der Waals surface area contributed by atoms with Crippen molar-refractivity contribution in [3.05, 3.63) is 109 Å². The number of carbonyl (C=O) groups excluding carboxylic acids is 1. The molecule has 0 unspecified atom stereocenters. The lowest BCUT2D eigenvalue weighted by molar-refractivity contribution is -0.118. The van der Waals surface area contributed by atoms with Crippen LogP contribution in [-0.4, -0.2) is 32.5 Å². The number of hydrogen-bond donors (Lipinski definition) is 1. The molecule has 5 aromatic rings. The van der Waals surface area contributed by atoms with Crippen molar-refractivity contribution >= 4 is 29.4 Å². The smallest absolute Gasteiger partial charge is 0.250 e. The van der Waals surface area contributed by atoms with E-state index in [0.717, 1.165) is 33.6 Å². The van der Waals surface area contributed by atoms with Crippen molar-refractivity contribution in [2.75, 3.05) is 5.75 Å². The van der Waals surface area contributed by atoms with E-state index in [1.54, 1.807) is 10.7 Å². The molecule has 2 heterocycles. The topological polar surface area (TPSA) is 71.7 Å². The summed E-state index contributed by atoms with van der Waals surface area (Å²) in [5, 5.41) is 9.45. The Morgan fingerprint density at radius 3 is 2.12 bits per heavy atom. The van der Waals surface area contributed by atoms with Crippen molar-refractivity contribution in [1.82, 2.24) is 20.0 Å². The van der Waals surface area contributed by atoms with E-state index in [1.165, 1.54) is 11.8 Å². The number of aromatic nitrogens is 3. The highest BCUT2D eigenvalue weighted by Crippen LogP contribution is 2.27. The van der Waals surface area contributed by atoms with E-state index in [4.69, 9.17) is 10.1 Å². The number of nitrogens with one attached hydrogen (secondary N) is 1. The zero-order chi connectivity index (χ0) is 23.2. The molecule has 0 radical (unpaired) electrons. The third-order valence-corrected chi connectivity index (χ3v) is 6.02. The Morgan fingerprint density at radius 2 is 1.44 bits per heavy atom. The highest BCUT2D eigenvalue weighted by atomic mass is 32.2. The lowest BCUT2D eigenvalue weighted by atomic mass is 10.1. The summed E-state index contributed by atoms with van der Waals surface area (Å²) in [6.45, 7) is 0. The Balaban J connectivity index is 1.40. The summed E-state index contributed by atoms with van der Waals surface area (Å²) >= 11 is 1.33. The molecule has 0 saturated heterocycles. The van der Waals surface area contributed by atoms with Crippen molar-refractivity contribution in [2.45, 2.75) is 5.16 Å². The second-order valence-corrected chi connectivity index (χ2v) is 8.46.